The van der Waals surface area contributed by atoms with E-state index in [0.29, 0.717) is 0 Å². The van der Waals surface area contributed by atoms with Crippen LogP contribution in [0, 0.1) is 11.3 Å². The summed E-state index contributed by atoms with van der Waals surface area (Å²) in [5, 5.41) is 12.0. The Labute approximate surface area is 133 Å². The molecule has 0 aliphatic heterocycles. The van der Waals surface area contributed by atoms with E-state index in [2.05, 4.69) is 10.1 Å². The number of hydrogen-bond acceptors (Lipinski definition) is 3. The number of nitrogens with one attached hydrogen (secondary N) is 1. The van der Waals surface area contributed by atoms with Gasteiger partial charge in [0.05, 0.1) is 0 Å². The first-order chi connectivity index (χ1) is 11.1. The second kappa shape index (κ2) is 8.28. The molecule has 0 aromatic heterocycles. The highest BCUT2D eigenvalue weighted by atomic mass is 19.3. The van der Waals surface area contributed by atoms with Crippen LogP contribution < -0.4 is 10.1 Å². The highest BCUT2D eigenvalue weighted by molar-refractivity contribution is 6.02. The summed E-state index contributed by atoms with van der Waals surface area (Å²) < 4.78 is 29.2. The Morgan fingerprint density at radius 1 is 1.30 bits per heavy atom. The van der Waals surface area contributed by atoms with E-state index in [9.17, 15) is 18.8 Å². The van der Waals surface area contributed by atoms with Crippen molar-refractivity contribution in [3.8, 4) is 11.8 Å². The number of halogens is 2. The van der Waals surface area contributed by atoms with Crippen LogP contribution in [0.25, 0.3) is 6.08 Å². The molecule has 0 heterocycles. The van der Waals surface area contributed by atoms with Crippen LogP contribution in [0.4, 0.5) is 8.78 Å². The molecule has 1 saturated carbocycles. The van der Waals surface area contributed by atoms with Crippen molar-refractivity contribution in [3.05, 3.63) is 35.4 Å². The molecular weight excluding hydrogens is 302 g/mol. The zero-order valence-corrected chi connectivity index (χ0v) is 12.6. The predicted molar refractivity (Wildman–Crippen MR) is 81.7 cm³/mol. The summed E-state index contributed by atoms with van der Waals surface area (Å²) in [6, 6.07) is 7.95. The average Bonchev–Trinajstić information content (AvgIpc) is 2.54. The molecule has 1 aromatic rings. The lowest BCUT2D eigenvalue weighted by molar-refractivity contribution is -0.117. The van der Waals surface area contributed by atoms with Crippen LogP contribution in [0.3, 0.4) is 0 Å². The quantitative estimate of drug-likeness (QED) is 0.665. The summed E-state index contributed by atoms with van der Waals surface area (Å²) in [5.74, 6) is -0.549. The number of nitrogens with zero attached hydrogens (tertiary/aromatic N) is 1. The standard InChI is InChI=1S/C17H18F2N2O2/c18-17(19)23-15-9-5-4-6-12(15)10-13(11-20)16(22)21-14-7-2-1-3-8-14/h4-6,9-10,14,17H,1-3,7-8H2,(H,21,22). The maximum atomic E-state index is 12.4. The van der Waals surface area contributed by atoms with E-state index in [-0.39, 0.29) is 22.9 Å². The van der Waals surface area contributed by atoms with Gasteiger partial charge in [0.1, 0.15) is 17.4 Å². The lowest BCUT2D eigenvalue weighted by Crippen LogP contribution is -2.36. The van der Waals surface area contributed by atoms with Crippen LogP contribution in [0.2, 0.25) is 0 Å². The van der Waals surface area contributed by atoms with E-state index in [0.717, 1.165) is 32.1 Å². The van der Waals surface area contributed by atoms with Crippen molar-refractivity contribution in [1.82, 2.24) is 5.32 Å². The number of rotatable bonds is 5. The van der Waals surface area contributed by atoms with Crippen molar-refractivity contribution in [3.63, 3.8) is 0 Å². The zero-order chi connectivity index (χ0) is 16.7. The number of amides is 1. The Bertz CT molecular complexity index is 617. The van der Waals surface area contributed by atoms with E-state index < -0.39 is 12.5 Å². The second-order valence-electron chi connectivity index (χ2n) is 5.39. The summed E-state index contributed by atoms with van der Waals surface area (Å²) in [6.07, 6.45) is 6.34. The molecule has 23 heavy (non-hydrogen) atoms. The van der Waals surface area contributed by atoms with Crippen molar-refractivity contribution in [2.75, 3.05) is 0 Å². The molecule has 2 rings (SSSR count). The number of alkyl halides is 2. The summed E-state index contributed by atoms with van der Waals surface area (Å²) in [4.78, 5) is 12.2. The Balaban J connectivity index is 2.15. The fraction of sp³-hybridized carbons (Fsp3) is 0.412. The molecule has 1 aliphatic carbocycles. The third-order valence-corrected chi connectivity index (χ3v) is 3.74. The van der Waals surface area contributed by atoms with Crippen molar-refractivity contribution in [2.45, 2.75) is 44.8 Å². The topological polar surface area (TPSA) is 62.1 Å². The first-order valence-electron chi connectivity index (χ1n) is 7.56. The van der Waals surface area contributed by atoms with E-state index in [1.807, 2.05) is 6.07 Å². The molecule has 0 spiro atoms. The van der Waals surface area contributed by atoms with Gasteiger partial charge in [-0.2, -0.15) is 14.0 Å². The third kappa shape index (κ3) is 5.06. The van der Waals surface area contributed by atoms with E-state index in [1.54, 1.807) is 12.1 Å². The molecule has 6 heteroatoms. The molecule has 1 fully saturated rings. The van der Waals surface area contributed by atoms with Gasteiger partial charge in [0, 0.05) is 11.6 Å². The number of benzene rings is 1. The Hall–Kier alpha value is -2.42. The first-order valence-corrected chi connectivity index (χ1v) is 7.56. The van der Waals surface area contributed by atoms with Crippen LogP contribution >= 0.6 is 0 Å². The summed E-state index contributed by atoms with van der Waals surface area (Å²) in [5.41, 5.74) is 0.143. The van der Waals surface area contributed by atoms with Gasteiger partial charge in [0.15, 0.2) is 0 Å². The van der Waals surface area contributed by atoms with Crippen LogP contribution in [0.5, 0.6) is 5.75 Å². The molecule has 0 saturated heterocycles. The van der Waals surface area contributed by atoms with E-state index in [1.165, 1.54) is 18.2 Å². The van der Waals surface area contributed by atoms with E-state index in [4.69, 9.17) is 0 Å². The Morgan fingerprint density at radius 3 is 2.65 bits per heavy atom. The fourth-order valence-electron chi connectivity index (χ4n) is 2.62. The van der Waals surface area contributed by atoms with Crippen molar-refractivity contribution in [1.29, 1.82) is 5.26 Å². The fourth-order valence-corrected chi connectivity index (χ4v) is 2.62. The SMILES string of the molecule is N#CC(=Cc1ccccc1OC(F)F)C(=O)NC1CCCCC1. The third-order valence-electron chi connectivity index (χ3n) is 3.74. The largest absolute Gasteiger partial charge is 0.434 e. The smallest absolute Gasteiger partial charge is 0.387 e. The van der Waals surface area contributed by atoms with Gasteiger partial charge in [-0.05, 0) is 25.0 Å². The zero-order valence-electron chi connectivity index (χ0n) is 12.6. The van der Waals surface area contributed by atoms with Crippen molar-refractivity contribution in [2.24, 2.45) is 0 Å². The van der Waals surface area contributed by atoms with Crippen LogP contribution in [-0.4, -0.2) is 18.6 Å². The summed E-state index contributed by atoms with van der Waals surface area (Å²) in [6.45, 7) is -2.97. The predicted octanol–water partition coefficient (Wildman–Crippen LogP) is 3.64. The van der Waals surface area contributed by atoms with Crippen molar-refractivity contribution >= 4 is 12.0 Å². The lowest BCUT2D eigenvalue weighted by atomic mass is 9.95. The highest BCUT2D eigenvalue weighted by Crippen LogP contribution is 2.23. The first kappa shape index (κ1) is 16.9. The average molecular weight is 320 g/mol. The van der Waals surface area contributed by atoms with Crippen molar-refractivity contribution < 1.29 is 18.3 Å². The molecule has 0 unspecified atom stereocenters. The highest BCUT2D eigenvalue weighted by Gasteiger charge is 2.18. The molecule has 0 atom stereocenters. The molecule has 0 bridgehead atoms. The minimum absolute atomic E-state index is 0.0688. The maximum Gasteiger partial charge on any atom is 0.387 e. The van der Waals surface area contributed by atoms with Crippen LogP contribution in [0.1, 0.15) is 37.7 Å². The molecular formula is C17H18F2N2O2. The molecule has 1 aliphatic rings. The number of para-hydroxylation sites is 1. The molecule has 0 radical (unpaired) electrons. The molecule has 1 amide bonds. The van der Waals surface area contributed by atoms with E-state index >= 15 is 0 Å². The Kier molecular flexibility index (Phi) is 6.10. The summed E-state index contributed by atoms with van der Waals surface area (Å²) in [7, 11) is 0. The summed E-state index contributed by atoms with van der Waals surface area (Å²) >= 11 is 0. The molecule has 1 N–H and O–H groups in total. The number of nitriles is 1. The van der Waals surface area contributed by atoms with Gasteiger partial charge in [-0.15, -0.1) is 0 Å². The number of carbonyl (C=O) groups is 1. The second-order valence-corrected chi connectivity index (χ2v) is 5.39. The normalized spacial score (nSPS) is 16.0. The van der Waals surface area contributed by atoms with Gasteiger partial charge in [-0.3, -0.25) is 4.79 Å². The lowest BCUT2D eigenvalue weighted by Gasteiger charge is -2.22. The van der Waals surface area contributed by atoms with Crippen LogP contribution in [-0.2, 0) is 4.79 Å². The Morgan fingerprint density at radius 2 is 2.00 bits per heavy atom. The van der Waals surface area contributed by atoms with Gasteiger partial charge < -0.3 is 10.1 Å². The van der Waals surface area contributed by atoms with Gasteiger partial charge in [0.2, 0.25) is 0 Å². The minimum atomic E-state index is -2.97. The molecule has 122 valence electrons. The number of hydrogen-bond donors (Lipinski definition) is 1. The maximum absolute atomic E-state index is 12.4. The number of carbonyl (C=O) groups excluding carboxylic acids is 1. The molecule has 4 nitrogen and oxygen atoms in total. The van der Waals surface area contributed by atoms with Gasteiger partial charge in [0.25, 0.3) is 5.91 Å². The monoisotopic (exact) mass is 320 g/mol. The van der Waals surface area contributed by atoms with Crippen LogP contribution in [0.15, 0.2) is 29.8 Å². The number of ether oxygens (including phenoxy) is 1. The van der Waals surface area contributed by atoms with Gasteiger partial charge in [-0.1, -0.05) is 37.5 Å². The van der Waals surface area contributed by atoms with Gasteiger partial charge in [-0.25, -0.2) is 0 Å². The van der Waals surface area contributed by atoms with Gasteiger partial charge >= 0.3 is 6.61 Å². The molecule has 1 aromatic carbocycles. The minimum Gasteiger partial charge on any atom is -0.434 e.